The van der Waals surface area contributed by atoms with Gasteiger partial charge in [0.1, 0.15) is 0 Å². The van der Waals surface area contributed by atoms with E-state index in [9.17, 15) is 0 Å². The molecule has 0 fully saturated rings. The molecular weight excluding hydrogens is 190 g/mol. The molecule has 0 radical (unpaired) electrons. The van der Waals surface area contributed by atoms with Crippen LogP contribution in [0, 0.1) is 0 Å². The maximum Gasteiger partial charge on any atom is 0.0340 e. The van der Waals surface area contributed by atoms with Crippen LogP contribution in [0.25, 0.3) is 0 Å². The second-order valence-electron chi connectivity index (χ2n) is 3.58. The van der Waals surface area contributed by atoms with Crippen molar-refractivity contribution in [3.05, 3.63) is 29.8 Å². The lowest BCUT2D eigenvalue weighted by Gasteiger charge is -2.10. The summed E-state index contributed by atoms with van der Waals surface area (Å²) in [5.74, 6) is 1.53. The van der Waals surface area contributed by atoms with Gasteiger partial charge in [-0.25, -0.2) is 0 Å². The quantitative estimate of drug-likeness (QED) is 0.707. The molecule has 1 unspecified atom stereocenters. The van der Waals surface area contributed by atoms with Gasteiger partial charge in [-0.1, -0.05) is 26.0 Å². The fourth-order valence-electron chi connectivity index (χ4n) is 1.37. The van der Waals surface area contributed by atoms with E-state index in [1.807, 2.05) is 0 Å². The van der Waals surface area contributed by atoms with E-state index in [1.54, 1.807) is 0 Å². The SMILES string of the molecule is CCC(C)c1ccc(NCCS)cc1. The van der Waals surface area contributed by atoms with E-state index < -0.39 is 0 Å². The fourth-order valence-corrected chi connectivity index (χ4v) is 1.48. The summed E-state index contributed by atoms with van der Waals surface area (Å²) in [4.78, 5) is 0. The summed E-state index contributed by atoms with van der Waals surface area (Å²) in [5.41, 5.74) is 2.61. The van der Waals surface area contributed by atoms with Crippen molar-refractivity contribution in [1.82, 2.24) is 0 Å². The molecular formula is C12H19NS. The van der Waals surface area contributed by atoms with Gasteiger partial charge < -0.3 is 5.32 Å². The summed E-state index contributed by atoms with van der Waals surface area (Å²) in [7, 11) is 0. The number of rotatable bonds is 5. The minimum atomic E-state index is 0.661. The van der Waals surface area contributed by atoms with E-state index in [4.69, 9.17) is 0 Å². The highest BCUT2D eigenvalue weighted by Gasteiger charge is 2.01. The van der Waals surface area contributed by atoms with Crippen LogP contribution in [-0.4, -0.2) is 12.3 Å². The first-order chi connectivity index (χ1) is 6.77. The summed E-state index contributed by atoms with van der Waals surface area (Å²) in [5, 5.41) is 3.30. The Labute approximate surface area is 92.3 Å². The van der Waals surface area contributed by atoms with E-state index in [1.165, 1.54) is 17.7 Å². The van der Waals surface area contributed by atoms with Crippen molar-refractivity contribution in [2.75, 3.05) is 17.6 Å². The number of nitrogens with one attached hydrogen (secondary N) is 1. The van der Waals surface area contributed by atoms with Crippen molar-refractivity contribution >= 4 is 18.3 Å². The van der Waals surface area contributed by atoms with Crippen molar-refractivity contribution < 1.29 is 0 Å². The van der Waals surface area contributed by atoms with E-state index in [0.29, 0.717) is 5.92 Å². The Hall–Kier alpha value is -0.630. The highest BCUT2D eigenvalue weighted by atomic mass is 32.1. The average Bonchev–Trinajstić information content (AvgIpc) is 2.26. The first-order valence-corrected chi connectivity index (χ1v) is 5.85. The molecule has 0 heterocycles. The molecule has 1 atom stereocenters. The Morgan fingerprint density at radius 2 is 1.93 bits per heavy atom. The van der Waals surface area contributed by atoms with Crippen molar-refractivity contribution in [3.8, 4) is 0 Å². The summed E-state index contributed by atoms with van der Waals surface area (Å²) in [6, 6.07) is 8.69. The zero-order valence-electron chi connectivity index (χ0n) is 8.96. The molecule has 2 heteroatoms. The van der Waals surface area contributed by atoms with Crippen molar-refractivity contribution in [2.45, 2.75) is 26.2 Å². The van der Waals surface area contributed by atoms with Crippen molar-refractivity contribution in [2.24, 2.45) is 0 Å². The Morgan fingerprint density at radius 3 is 2.43 bits per heavy atom. The van der Waals surface area contributed by atoms with Crippen LogP contribution < -0.4 is 5.32 Å². The highest BCUT2D eigenvalue weighted by molar-refractivity contribution is 7.80. The van der Waals surface area contributed by atoms with Crippen LogP contribution in [0.2, 0.25) is 0 Å². The first-order valence-electron chi connectivity index (χ1n) is 5.22. The predicted octanol–water partition coefficient (Wildman–Crippen LogP) is 3.54. The molecule has 0 bridgehead atoms. The molecule has 78 valence electrons. The van der Waals surface area contributed by atoms with Gasteiger partial charge in [-0.05, 0) is 30.0 Å². The zero-order chi connectivity index (χ0) is 10.4. The number of anilines is 1. The topological polar surface area (TPSA) is 12.0 Å². The summed E-state index contributed by atoms with van der Waals surface area (Å²) < 4.78 is 0. The molecule has 0 saturated carbocycles. The van der Waals surface area contributed by atoms with Gasteiger partial charge in [0.05, 0.1) is 0 Å². The molecule has 0 aromatic heterocycles. The number of benzene rings is 1. The minimum Gasteiger partial charge on any atom is -0.384 e. The maximum atomic E-state index is 4.16. The molecule has 1 aromatic carbocycles. The van der Waals surface area contributed by atoms with E-state index >= 15 is 0 Å². The lowest BCUT2D eigenvalue weighted by Crippen LogP contribution is -2.02. The van der Waals surface area contributed by atoms with Gasteiger partial charge in [-0.2, -0.15) is 12.6 Å². The van der Waals surface area contributed by atoms with Gasteiger partial charge in [0.15, 0.2) is 0 Å². The third kappa shape index (κ3) is 3.26. The van der Waals surface area contributed by atoms with Crippen LogP contribution in [0.5, 0.6) is 0 Å². The van der Waals surface area contributed by atoms with Gasteiger partial charge in [-0.15, -0.1) is 0 Å². The molecule has 0 saturated heterocycles. The molecule has 1 N–H and O–H groups in total. The number of thiol groups is 1. The molecule has 0 amide bonds. The second-order valence-corrected chi connectivity index (χ2v) is 4.03. The van der Waals surface area contributed by atoms with Crippen LogP contribution in [0.15, 0.2) is 24.3 Å². The average molecular weight is 209 g/mol. The Morgan fingerprint density at radius 1 is 1.29 bits per heavy atom. The Balaban J connectivity index is 2.59. The van der Waals surface area contributed by atoms with E-state index in [2.05, 4.69) is 56.1 Å². The van der Waals surface area contributed by atoms with Crippen LogP contribution in [0.1, 0.15) is 31.7 Å². The second kappa shape index (κ2) is 5.97. The first kappa shape index (κ1) is 11.4. The van der Waals surface area contributed by atoms with Gasteiger partial charge in [-0.3, -0.25) is 0 Å². The number of hydrogen-bond acceptors (Lipinski definition) is 2. The largest absolute Gasteiger partial charge is 0.384 e. The highest BCUT2D eigenvalue weighted by Crippen LogP contribution is 2.20. The molecule has 14 heavy (non-hydrogen) atoms. The molecule has 0 aliphatic carbocycles. The Kier molecular flexibility index (Phi) is 4.88. The normalized spacial score (nSPS) is 12.5. The van der Waals surface area contributed by atoms with Crippen molar-refractivity contribution in [3.63, 3.8) is 0 Å². The summed E-state index contributed by atoms with van der Waals surface area (Å²) in [6.45, 7) is 5.40. The molecule has 0 spiro atoms. The van der Waals surface area contributed by atoms with E-state index in [0.717, 1.165) is 12.3 Å². The van der Waals surface area contributed by atoms with E-state index in [-0.39, 0.29) is 0 Å². The van der Waals surface area contributed by atoms with Crippen LogP contribution in [0.3, 0.4) is 0 Å². The van der Waals surface area contributed by atoms with Crippen LogP contribution in [-0.2, 0) is 0 Å². The summed E-state index contributed by atoms with van der Waals surface area (Å²) in [6.07, 6.45) is 1.20. The maximum absolute atomic E-state index is 4.16. The Bertz CT molecular complexity index is 256. The molecule has 0 aliphatic heterocycles. The minimum absolute atomic E-state index is 0.661. The standard InChI is InChI=1S/C12H19NS/c1-3-10(2)11-4-6-12(7-5-11)13-8-9-14/h4-7,10,13-14H,3,8-9H2,1-2H3. The lowest BCUT2D eigenvalue weighted by atomic mass is 9.99. The fraction of sp³-hybridized carbons (Fsp3) is 0.500. The molecule has 1 rings (SSSR count). The van der Waals surface area contributed by atoms with Gasteiger partial charge in [0.2, 0.25) is 0 Å². The predicted molar refractivity (Wildman–Crippen MR) is 67.5 cm³/mol. The van der Waals surface area contributed by atoms with Gasteiger partial charge in [0, 0.05) is 18.0 Å². The summed E-state index contributed by atoms with van der Waals surface area (Å²) >= 11 is 4.16. The lowest BCUT2D eigenvalue weighted by molar-refractivity contribution is 0.734. The number of hydrogen-bond donors (Lipinski definition) is 2. The third-order valence-electron chi connectivity index (χ3n) is 2.53. The molecule has 1 aromatic rings. The zero-order valence-corrected chi connectivity index (χ0v) is 9.85. The van der Waals surface area contributed by atoms with Crippen LogP contribution in [0.4, 0.5) is 5.69 Å². The van der Waals surface area contributed by atoms with Crippen LogP contribution >= 0.6 is 12.6 Å². The molecule has 1 nitrogen and oxygen atoms in total. The smallest absolute Gasteiger partial charge is 0.0340 e. The third-order valence-corrected chi connectivity index (χ3v) is 2.76. The van der Waals surface area contributed by atoms with Crippen molar-refractivity contribution in [1.29, 1.82) is 0 Å². The monoisotopic (exact) mass is 209 g/mol. The van der Waals surface area contributed by atoms with Gasteiger partial charge in [0.25, 0.3) is 0 Å². The molecule has 0 aliphatic rings. The van der Waals surface area contributed by atoms with Gasteiger partial charge >= 0.3 is 0 Å².